The van der Waals surface area contributed by atoms with Crippen molar-refractivity contribution in [2.24, 2.45) is 11.1 Å². The van der Waals surface area contributed by atoms with Crippen molar-refractivity contribution in [3.8, 4) is 0 Å². The van der Waals surface area contributed by atoms with Gasteiger partial charge in [0.15, 0.2) is 0 Å². The lowest BCUT2D eigenvalue weighted by Gasteiger charge is -2.28. The summed E-state index contributed by atoms with van der Waals surface area (Å²) in [7, 11) is 1.70. The Morgan fingerprint density at radius 2 is 2.50 bits per heavy atom. The van der Waals surface area contributed by atoms with Gasteiger partial charge in [-0.15, -0.1) is 11.3 Å². The van der Waals surface area contributed by atoms with Crippen molar-refractivity contribution in [1.82, 2.24) is 10.2 Å². The van der Waals surface area contributed by atoms with Gasteiger partial charge in [0.2, 0.25) is 5.91 Å². The molecule has 0 radical (unpaired) electrons. The van der Waals surface area contributed by atoms with Crippen LogP contribution in [0.3, 0.4) is 0 Å². The van der Waals surface area contributed by atoms with Gasteiger partial charge in [-0.05, 0) is 31.3 Å². The maximum absolute atomic E-state index is 11.9. The number of carbonyl (C=O) groups excluding carboxylic acids is 1. The topological polar surface area (TPSA) is 58.4 Å². The molecule has 18 heavy (non-hydrogen) atoms. The quantitative estimate of drug-likeness (QED) is 0.862. The van der Waals surface area contributed by atoms with Gasteiger partial charge in [-0.3, -0.25) is 9.69 Å². The number of thiophene rings is 1. The molecule has 2 heterocycles. The van der Waals surface area contributed by atoms with Crippen LogP contribution < -0.4 is 11.1 Å². The van der Waals surface area contributed by atoms with E-state index in [0.717, 1.165) is 19.5 Å². The normalized spacial score (nSPS) is 26.2. The van der Waals surface area contributed by atoms with Crippen LogP contribution in [0.1, 0.15) is 24.3 Å². The molecule has 1 aliphatic heterocycles. The van der Waals surface area contributed by atoms with E-state index in [0.29, 0.717) is 6.54 Å². The van der Waals surface area contributed by atoms with Crippen molar-refractivity contribution < 1.29 is 4.79 Å². The lowest BCUT2D eigenvalue weighted by Crippen LogP contribution is -2.40. The third kappa shape index (κ3) is 2.43. The van der Waals surface area contributed by atoms with E-state index in [4.69, 9.17) is 5.73 Å². The molecule has 1 amide bonds. The number of amides is 1. The molecule has 0 aliphatic carbocycles. The predicted octanol–water partition coefficient (Wildman–Crippen LogP) is 1.21. The molecule has 100 valence electrons. The van der Waals surface area contributed by atoms with E-state index < -0.39 is 0 Å². The Hall–Kier alpha value is -0.910. The van der Waals surface area contributed by atoms with Crippen molar-refractivity contribution in [3.63, 3.8) is 0 Å². The van der Waals surface area contributed by atoms with E-state index in [1.165, 1.54) is 4.88 Å². The maximum atomic E-state index is 11.9. The van der Waals surface area contributed by atoms with E-state index in [2.05, 4.69) is 27.7 Å². The van der Waals surface area contributed by atoms with Gasteiger partial charge in [-0.1, -0.05) is 6.07 Å². The summed E-state index contributed by atoms with van der Waals surface area (Å²) in [5, 5.41) is 4.84. The van der Waals surface area contributed by atoms with Crippen LogP contribution in [-0.2, 0) is 4.79 Å². The highest BCUT2D eigenvalue weighted by Gasteiger charge is 2.42. The summed E-state index contributed by atoms with van der Waals surface area (Å²) in [6, 6.07) is 4.42. The smallest absolute Gasteiger partial charge is 0.227 e. The molecule has 0 saturated carbocycles. The molecule has 1 aliphatic rings. The highest BCUT2D eigenvalue weighted by molar-refractivity contribution is 7.10. The number of nitrogens with two attached hydrogens (primary N) is 1. The molecule has 1 fully saturated rings. The first-order valence-electron chi connectivity index (χ1n) is 6.30. The van der Waals surface area contributed by atoms with Gasteiger partial charge in [0.25, 0.3) is 0 Å². The first-order valence-corrected chi connectivity index (χ1v) is 7.18. The van der Waals surface area contributed by atoms with Gasteiger partial charge in [0.1, 0.15) is 0 Å². The second kappa shape index (κ2) is 5.38. The molecule has 0 aromatic carbocycles. The molecule has 4 nitrogen and oxygen atoms in total. The number of likely N-dealkylation sites (tertiary alicyclic amines) is 1. The third-order valence-corrected chi connectivity index (χ3v) is 4.79. The zero-order valence-corrected chi connectivity index (χ0v) is 11.8. The first kappa shape index (κ1) is 13.5. The molecule has 1 saturated heterocycles. The van der Waals surface area contributed by atoms with Crippen LogP contribution in [0.25, 0.3) is 0 Å². The van der Waals surface area contributed by atoms with Crippen LogP contribution >= 0.6 is 11.3 Å². The summed E-state index contributed by atoms with van der Waals surface area (Å²) in [6.45, 7) is 4.36. The van der Waals surface area contributed by atoms with Crippen molar-refractivity contribution in [3.05, 3.63) is 22.4 Å². The fourth-order valence-electron chi connectivity index (χ4n) is 2.68. The van der Waals surface area contributed by atoms with E-state index in [9.17, 15) is 4.79 Å². The van der Waals surface area contributed by atoms with Crippen LogP contribution in [0.15, 0.2) is 17.5 Å². The average Bonchev–Trinajstić information content (AvgIpc) is 3.01. The first-order chi connectivity index (χ1) is 8.60. The van der Waals surface area contributed by atoms with Crippen LogP contribution in [0.4, 0.5) is 0 Å². The van der Waals surface area contributed by atoms with Crippen molar-refractivity contribution in [2.75, 3.05) is 26.7 Å². The third-order valence-electron chi connectivity index (χ3n) is 3.81. The summed E-state index contributed by atoms with van der Waals surface area (Å²) in [5.74, 6) is 0.131. The zero-order valence-electron chi connectivity index (χ0n) is 11.0. The fourth-order valence-corrected chi connectivity index (χ4v) is 3.55. The number of rotatable bonds is 4. The predicted molar refractivity (Wildman–Crippen MR) is 74.5 cm³/mol. The average molecular weight is 267 g/mol. The van der Waals surface area contributed by atoms with Crippen molar-refractivity contribution in [2.45, 2.75) is 19.4 Å². The molecule has 2 rings (SSSR count). The molecule has 2 atom stereocenters. The molecule has 0 spiro atoms. The minimum atomic E-state index is -0.278. The Morgan fingerprint density at radius 3 is 3.06 bits per heavy atom. The monoisotopic (exact) mass is 267 g/mol. The highest BCUT2D eigenvalue weighted by Crippen LogP contribution is 2.36. The molecular weight excluding hydrogens is 246 g/mol. The molecule has 5 heteroatoms. The van der Waals surface area contributed by atoms with Gasteiger partial charge in [-0.2, -0.15) is 0 Å². The van der Waals surface area contributed by atoms with Gasteiger partial charge in [-0.25, -0.2) is 0 Å². The van der Waals surface area contributed by atoms with Crippen molar-refractivity contribution >= 4 is 17.2 Å². The molecule has 3 N–H and O–H groups in total. The van der Waals surface area contributed by atoms with Crippen LogP contribution in [0, 0.1) is 5.41 Å². The Labute approximate surface area is 112 Å². The standard InChI is InChI=1S/C13H21N3OS/c1-13(12(17)15-2)5-6-16(9-13)10(8-14)11-4-3-7-18-11/h3-4,7,10H,5-6,8-9,14H2,1-2H3,(H,15,17). The number of hydrogen-bond acceptors (Lipinski definition) is 4. The SMILES string of the molecule is CNC(=O)C1(C)CCN(C(CN)c2cccs2)C1. The number of nitrogens with zero attached hydrogens (tertiary/aromatic N) is 1. The fraction of sp³-hybridized carbons (Fsp3) is 0.615. The van der Waals surface area contributed by atoms with E-state index in [1.807, 2.05) is 6.92 Å². The lowest BCUT2D eigenvalue weighted by atomic mass is 9.89. The minimum absolute atomic E-state index is 0.131. The van der Waals surface area contributed by atoms with Gasteiger partial charge >= 0.3 is 0 Å². The summed E-state index contributed by atoms with van der Waals surface area (Å²) < 4.78 is 0. The maximum Gasteiger partial charge on any atom is 0.227 e. The Morgan fingerprint density at radius 1 is 1.72 bits per heavy atom. The second-order valence-corrected chi connectivity index (χ2v) is 6.11. The molecule has 0 bridgehead atoms. The minimum Gasteiger partial charge on any atom is -0.359 e. The summed E-state index contributed by atoms with van der Waals surface area (Å²) >= 11 is 1.73. The second-order valence-electron chi connectivity index (χ2n) is 5.13. The van der Waals surface area contributed by atoms with Crippen LogP contribution in [-0.4, -0.2) is 37.5 Å². The number of hydrogen-bond donors (Lipinski definition) is 2. The molecule has 2 unspecified atom stereocenters. The van der Waals surface area contributed by atoms with Crippen molar-refractivity contribution in [1.29, 1.82) is 0 Å². The van der Waals surface area contributed by atoms with Crippen LogP contribution in [0.2, 0.25) is 0 Å². The van der Waals surface area contributed by atoms with Gasteiger partial charge < -0.3 is 11.1 Å². The summed E-state index contributed by atoms with van der Waals surface area (Å²) in [6.07, 6.45) is 0.897. The Balaban J connectivity index is 2.10. The largest absolute Gasteiger partial charge is 0.359 e. The summed E-state index contributed by atoms with van der Waals surface area (Å²) in [4.78, 5) is 15.5. The highest BCUT2D eigenvalue weighted by atomic mass is 32.1. The summed E-state index contributed by atoms with van der Waals surface area (Å²) in [5.41, 5.74) is 5.63. The van der Waals surface area contributed by atoms with Crippen LogP contribution in [0.5, 0.6) is 0 Å². The molecular formula is C13H21N3OS. The van der Waals surface area contributed by atoms with Gasteiger partial charge in [0, 0.05) is 25.0 Å². The van der Waals surface area contributed by atoms with E-state index >= 15 is 0 Å². The number of carbonyl (C=O) groups is 1. The van der Waals surface area contributed by atoms with E-state index in [-0.39, 0.29) is 17.4 Å². The van der Waals surface area contributed by atoms with E-state index in [1.54, 1.807) is 18.4 Å². The Kier molecular flexibility index (Phi) is 4.04. The lowest BCUT2D eigenvalue weighted by molar-refractivity contribution is -0.129. The molecule has 1 aromatic heterocycles. The Bertz CT molecular complexity index is 406. The number of nitrogens with one attached hydrogen (secondary N) is 1. The van der Waals surface area contributed by atoms with Gasteiger partial charge in [0.05, 0.1) is 11.5 Å². The molecule has 1 aromatic rings. The zero-order chi connectivity index (χ0) is 13.2.